The van der Waals surface area contributed by atoms with Gasteiger partial charge < -0.3 is 26.4 Å². The molecule has 2 aromatic carbocycles. The largest absolute Gasteiger partial charge is 1.00 e. The molecule has 1 aliphatic rings. The number of carbonyl (C=O) groups is 2. The highest BCUT2D eigenvalue weighted by Gasteiger charge is 2.31. The van der Waals surface area contributed by atoms with Crippen molar-refractivity contribution < 1.29 is 36.0 Å². The van der Waals surface area contributed by atoms with Crippen LogP contribution in [0.3, 0.4) is 0 Å². The fourth-order valence-corrected chi connectivity index (χ4v) is 3.15. The Labute approximate surface area is 182 Å². The molecular formula is C22H26ClN3O4. The summed E-state index contributed by atoms with van der Waals surface area (Å²) in [5, 5.41) is 4.37. The van der Waals surface area contributed by atoms with Gasteiger partial charge in [0.05, 0.1) is 39.5 Å². The van der Waals surface area contributed by atoms with E-state index < -0.39 is 6.10 Å². The molecule has 1 heterocycles. The van der Waals surface area contributed by atoms with Gasteiger partial charge in [-0.1, -0.05) is 18.2 Å². The number of carbonyl (C=O) groups excluding carboxylic acids is 2. The van der Waals surface area contributed by atoms with Crippen LogP contribution < -0.4 is 22.6 Å². The second kappa shape index (κ2) is 9.73. The smallest absolute Gasteiger partial charge is 0.339 e. The first kappa shape index (κ1) is 23.4. The van der Waals surface area contributed by atoms with E-state index in [1.165, 1.54) is 0 Å². The first-order valence-corrected chi connectivity index (χ1v) is 9.37. The topological polar surface area (TPSA) is 77.0 Å². The number of ether oxygens (including phenoxy) is 2. The molecule has 1 atom stereocenters. The van der Waals surface area contributed by atoms with Crippen LogP contribution in [0.1, 0.15) is 34.0 Å². The van der Waals surface area contributed by atoms with Crippen molar-refractivity contribution >= 4 is 17.6 Å². The Morgan fingerprint density at radius 1 is 1.13 bits per heavy atom. The third-order valence-electron chi connectivity index (χ3n) is 4.51. The van der Waals surface area contributed by atoms with Crippen LogP contribution in [0.5, 0.6) is 5.75 Å². The van der Waals surface area contributed by atoms with Gasteiger partial charge in [-0.15, -0.1) is 0 Å². The van der Waals surface area contributed by atoms with Crippen molar-refractivity contribution in [2.75, 3.05) is 34.8 Å². The van der Waals surface area contributed by atoms with Crippen LogP contribution in [0.2, 0.25) is 0 Å². The van der Waals surface area contributed by atoms with Crippen molar-refractivity contribution in [3.05, 3.63) is 65.2 Å². The van der Waals surface area contributed by atoms with Crippen molar-refractivity contribution in [3.8, 4) is 5.75 Å². The maximum atomic E-state index is 12.2. The van der Waals surface area contributed by atoms with Crippen LogP contribution in [-0.4, -0.2) is 56.9 Å². The summed E-state index contributed by atoms with van der Waals surface area (Å²) in [6.07, 6.45) is -0.102. The Bertz CT molecular complexity index is 936. The molecule has 0 saturated heterocycles. The fraction of sp³-hybridized carbons (Fsp3) is 0.318. The maximum absolute atomic E-state index is 12.2. The number of likely N-dealkylation sites (N-methyl/N-ethyl adjacent to an activating group) is 1. The molecule has 30 heavy (non-hydrogen) atoms. The number of nitrogens with one attached hydrogen (secondary N) is 1. The lowest BCUT2D eigenvalue weighted by molar-refractivity contribution is -0.862. The highest BCUT2D eigenvalue weighted by molar-refractivity contribution is 6.02. The van der Waals surface area contributed by atoms with E-state index in [0.717, 1.165) is 16.9 Å². The van der Waals surface area contributed by atoms with Crippen molar-refractivity contribution in [2.24, 2.45) is 5.10 Å². The van der Waals surface area contributed by atoms with Gasteiger partial charge in [0.15, 0.2) is 6.54 Å². The Morgan fingerprint density at radius 3 is 2.43 bits per heavy atom. The Hall–Kier alpha value is -2.90. The number of hydrogen-bond donors (Lipinski definition) is 1. The third kappa shape index (κ3) is 5.81. The van der Waals surface area contributed by atoms with E-state index in [9.17, 15) is 9.59 Å². The minimum absolute atomic E-state index is 0. The van der Waals surface area contributed by atoms with E-state index >= 15 is 0 Å². The molecule has 1 amide bonds. The zero-order valence-corrected chi connectivity index (χ0v) is 18.3. The summed E-state index contributed by atoms with van der Waals surface area (Å²) in [6.45, 7) is 0.292. The summed E-state index contributed by atoms with van der Waals surface area (Å²) in [5.74, 6) is 0.195. The van der Waals surface area contributed by atoms with E-state index in [4.69, 9.17) is 9.47 Å². The number of quaternary nitrogens is 1. The van der Waals surface area contributed by atoms with Crippen molar-refractivity contribution in [3.63, 3.8) is 0 Å². The molecule has 0 fully saturated rings. The van der Waals surface area contributed by atoms with Crippen LogP contribution in [-0.2, 0) is 9.53 Å². The van der Waals surface area contributed by atoms with E-state index in [1.807, 2.05) is 63.6 Å². The van der Waals surface area contributed by atoms with Gasteiger partial charge in [-0.05, 0) is 35.9 Å². The number of halogens is 1. The number of nitrogens with zero attached hydrogens (tertiary/aromatic N) is 2. The SMILES string of the molecule is COc1ccc(/C(CC2OC(=O)c3ccccc32)=N/NC(=O)C[N+](C)(C)C)cc1.[Cl-]. The number of hydrazone groups is 1. The van der Waals surface area contributed by atoms with Gasteiger partial charge in [-0.25, -0.2) is 10.2 Å². The highest BCUT2D eigenvalue weighted by Crippen LogP contribution is 2.34. The average Bonchev–Trinajstić information content (AvgIpc) is 3.00. The third-order valence-corrected chi connectivity index (χ3v) is 4.51. The van der Waals surface area contributed by atoms with Crippen molar-refractivity contribution in [1.82, 2.24) is 5.43 Å². The van der Waals surface area contributed by atoms with Crippen LogP contribution in [0.15, 0.2) is 53.6 Å². The quantitative estimate of drug-likeness (QED) is 0.278. The number of cyclic esters (lactones) is 1. The first-order valence-electron chi connectivity index (χ1n) is 9.37. The number of rotatable bonds is 7. The number of amides is 1. The minimum Gasteiger partial charge on any atom is -1.00 e. The molecule has 1 aliphatic heterocycles. The Morgan fingerprint density at radius 2 is 1.80 bits per heavy atom. The Balaban J connectivity index is 0.00000320. The normalized spacial score (nSPS) is 15.7. The standard InChI is InChI=1S/C22H25N3O4.ClH/c1-25(2,3)14-21(26)24-23-19(15-9-11-16(28-4)12-10-15)13-20-17-7-5-6-8-18(17)22(27)29-20;/h5-12,20H,13-14H2,1-4H3;1H/b23-19+;. The predicted molar refractivity (Wildman–Crippen MR) is 110 cm³/mol. The van der Waals surface area contributed by atoms with Crippen LogP contribution in [0.25, 0.3) is 0 Å². The molecule has 0 aliphatic carbocycles. The van der Waals surface area contributed by atoms with Gasteiger partial charge >= 0.3 is 5.97 Å². The Kier molecular flexibility index (Phi) is 7.59. The number of methoxy groups -OCH3 is 1. The zero-order valence-electron chi connectivity index (χ0n) is 17.5. The number of esters is 1. The van der Waals surface area contributed by atoms with Gasteiger partial charge in [-0.3, -0.25) is 4.79 Å². The van der Waals surface area contributed by atoms with E-state index in [2.05, 4.69) is 10.5 Å². The number of hydrogen-bond acceptors (Lipinski definition) is 5. The van der Waals surface area contributed by atoms with Crippen LogP contribution >= 0.6 is 0 Å². The van der Waals surface area contributed by atoms with Crippen LogP contribution in [0, 0.1) is 0 Å². The lowest BCUT2D eigenvalue weighted by Crippen LogP contribution is -3.00. The molecule has 1 N–H and O–H groups in total. The molecule has 0 bridgehead atoms. The van der Waals surface area contributed by atoms with Gasteiger partial charge in [0, 0.05) is 12.0 Å². The fourth-order valence-electron chi connectivity index (χ4n) is 3.15. The molecule has 160 valence electrons. The first-order chi connectivity index (χ1) is 13.8. The molecule has 7 nitrogen and oxygen atoms in total. The summed E-state index contributed by atoms with van der Waals surface area (Å²) in [7, 11) is 7.40. The molecule has 0 aromatic heterocycles. The summed E-state index contributed by atoms with van der Waals surface area (Å²) < 4.78 is 11.3. The maximum Gasteiger partial charge on any atom is 0.339 e. The summed E-state index contributed by atoms with van der Waals surface area (Å²) in [4.78, 5) is 24.4. The van der Waals surface area contributed by atoms with Gasteiger partial charge in [0.2, 0.25) is 0 Å². The van der Waals surface area contributed by atoms with Gasteiger partial charge in [0.1, 0.15) is 11.9 Å². The van der Waals surface area contributed by atoms with Gasteiger partial charge in [-0.2, -0.15) is 5.10 Å². The van der Waals surface area contributed by atoms with E-state index in [-0.39, 0.29) is 24.3 Å². The molecule has 8 heteroatoms. The zero-order chi connectivity index (χ0) is 21.0. The molecular weight excluding hydrogens is 406 g/mol. The molecule has 0 saturated carbocycles. The molecule has 1 unspecified atom stereocenters. The summed E-state index contributed by atoms with van der Waals surface area (Å²) >= 11 is 0. The van der Waals surface area contributed by atoms with Crippen molar-refractivity contribution in [1.29, 1.82) is 0 Å². The van der Waals surface area contributed by atoms with Crippen molar-refractivity contribution in [2.45, 2.75) is 12.5 Å². The summed E-state index contributed by atoms with van der Waals surface area (Å²) in [6, 6.07) is 14.7. The second-order valence-electron chi connectivity index (χ2n) is 7.96. The highest BCUT2D eigenvalue weighted by atomic mass is 35.5. The summed E-state index contributed by atoms with van der Waals surface area (Å²) in [5.41, 5.74) is 5.48. The predicted octanol–water partition coefficient (Wildman–Crippen LogP) is -0.472. The molecule has 3 rings (SSSR count). The molecule has 0 spiro atoms. The van der Waals surface area contributed by atoms with E-state index in [1.54, 1.807) is 13.2 Å². The van der Waals surface area contributed by atoms with Gasteiger partial charge in [0.25, 0.3) is 5.91 Å². The lowest BCUT2D eigenvalue weighted by Gasteiger charge is -2.22. The monoisotopic (exact) mass is 431 g/mol. The molecule has 2 aromatic rings. The second-order valence-corrected chi connectivity index (χ2v) is 7.96. The van der Waals surface area contributed by atoms with Crippen LogP contribution in [0.4, 0.5) is 0 Å². The number of benzene rings is 2. The lowest BCUT2D eigenvalue weighted by atomic mass is 9.98. The minimum atomic E-state index is -0.449. The van der Waals surface area contributed by atoms with E-state index in [0.29, 0.717) is 28.7 Å². The molecule has 0 radical (unpaired) electrons. The number of fused-ring (bicyclic) bond motifs is 1. The average molecular weight is 432 g/mol.